The van der Waals surface area contributed by atoms with Gasteiger partial charge in [0.05, 0.1) is 17.6 Å². The van der Waals surface area contributed by atoms with Gasteiger partial charge < -0.3 is 20.1 Å². The number of nitrogens with one attached hydrogen (secondary N) is 2. The van der Waals surface area contributed by atoms with Crippen LogP contribution in [0.25, 0.3) is 0 Å². The lowest BCUT2D eigenvalue weighted by Crippen LogP contribution is -2.43. The van der Waals surface area contributed by atoms with Gasteiger partial charge in [-0.25, -0.2) is 17.6 Å². The van der Waals surface area contributed by atoms with Gasteiger partial charge in [-0.1, -0.05) is 0 Å². The summed E-state index contributed by atoms with van der Waals surface area (Å²) in [5.74, 6) is -0.524. The molecule has 2 N–H and O–H groups in total. The van der Waals surface area contributed by atoms with Crippen LogP contribution in [0.5, 0.6) is 5.75 Å². The highest BCUT2D eigenvalue weighted by Crippen LogP contribution is 2.29. The zero-order valence-electron chi connectivity index (χ0n) is 17.5. The number of sulfonamides is 1. The Kier molecular flexibility index (Phi) is 7.08. The topological polar surface area (TPSA) is 110 Å². The first-order valence-corrected chi connectivity index (χ1v) is 11.3. The van der Waals surface area contributed by atoms with Crippen molar-refractivity contribution in [3.8, 4) is 5.75 Å². The van der Waals surface area contributed by atoms with E-state index in [-0.39, 0.29) is 23.7 Å². The first-order chi connectivity index (χ1) is 14.7. The summed E-state index contributed by atoms with van der Waals surface area (Å²) in [4.78, 5) is 16.3. The molecule has 3 rings (SSSR count). The van der Waals surface area contributed by atoms with Crippen LogP contribution in [0, 0.1) is 12.7 Å². The van der Waals surface area contributed by atoms with Crippen molar-refractivity contribution >= 4 is 27.4 Å². The normalized spacial score (nSPS) is 19.2. The molecular formula is C20H25FN4O5S. The molecule has 9 nitrogen and oxygen atoms in total. The predicted octanol–water partition coefficient (Wildman–Crippen LogP) is 2.95. The standard InChI is InChI=1S/C20H25FN4O5S/c1-4-31(27,28)25-8-7-18(19(25)29-3)30-17-10-14(21)9-16(11-17)24-20(26)23-15-6-5-13(2)22-12-15/h5-6,9-12,18-19H,4,7-8H2,1-3H3,(H2,23,24,26). The second kappa shape index (κ2) is 9.58. The van der Waals surface area contributed by atoms with Crippen molar-refractivity contribution in [2.24, 2.45) is 0 Å². The summed E-state index contributed by atoms with van der Waals surface area (Å²) in [6.07, 6.45) is 0.462. The lowest BCUT2D eigenvalue weighted by molar-refractivity contribution is -0.0249. The Morgan fingerprint density at radius 2 is 2.00 bits per heavy atom. The molecule has 1 aromatic carbocycles. The summed E-state index contributed by atoms with van der Waals surface area (Å²) in [5.41, 5.74) is 1.48. The van der Waals surface area contributed by atoms with E-state index in [1.54, 1.807) is 19.1 Å². The molecule has 1 aliphatic heterocycles. The SMILES string of the molecule is CCS(=O)(=O)N1CCC(Oc2cc(F)cc(NC(=O)Nc3ccc(C)nc3)c2)C1OC. The first kappa shape index (κ1) is 22.9. The van der Waals surface area contributed by atoms with E-state index < -0.39 is 34.2 Å². The third-order valence-corrected chi connectivity index (χ3v) is 6.62. The number of hydrogen-bond acceptors (Lipinski definition) is 6. The van der Waals surface area contributed by atoms with Crippen molar-refractivity contribution in [2.75, 3.05) is 30.0 Å². The van der Waals surface area contributed by atoms with Gasteiger partial charge in [0.1, 0.15) is 17.7 Å². The minimum atomic E-state index is -3.47. The Labute approximate surface area is 180 Å². The molecule has 1 aliphatic rings. The van der Waals surface area contributed by atoms with E-state index in [2.05, 4.69) is 15.6 Å². The largest absolute Gasteiger partial charge is 0.486 e. The van der Waals surface area contributed by atoms with Crippen molar-refractivity contribution in [2.45, 2.75) is 32.6 Å². The molecule has 168 valence electrons. The molecule has 2 unspecified atom stereocenters. The van der Waals surface area contributed by atoms with E-state index in [0.29, 0.717) is 12.1 Å². The number of pyridine rings is 1. The van der Waals surface area contributed by atoms with Gasteiger partial charge in [-0.05, 0) is 32.0 Å². The number of anilines is 2. The summed E-state index contributed by atoms with van der Waals surface area (Å²) in [6.45, 7) is 3.62. The fourth-order valence-electron chi connectivity index (χ4n) is 3.27. The zero-order chi connectivity index (χ0) is 22.6. The van der Waals surface area contributed by atoms with E-state index in [0.717, 1.165) is 17.8 Å². The second-order valence-electron chi connectivity index (χ2n) is 7.03. The van der Waals surface area contributed by atoms with E-state index in [1.807, 2.05) is 6.92 Å². The highest BCUT2D eigenvalue weighted by Gasteiger charge is 2.42. The Morgan fingerprint density at radius 3 is 2.65 bits per heavy atom. The number of hydrogen-bond donors (Lipinski definition) is 2. The Bertz CT molecular complexity index is 1030. The predicted molar refractivity (Wildman–Crippen MR) is 114 cm³/mol. The van der Waals surface area contributed by atoms with Gasteiger partial charge in [-0.15, -0.1) is 0 Å². The first-order valence-electron chi connectivity index (χ1n) is 9.72. The Balaban J connectivity index is 1.69. The minimum absolute atomic E-state index is 0.0563. The molecule has 2 atom stereocenters. The van der Waals surface area contributed by atoms with Crippen LogP contribution in [0.4, 0.5) is 20.6 Å². The number of rotatable bonds is 7. The molecule has 11 heteroatoms. The van der Waals surface area contributed by atoms with Crippen molar-refractivity contribution < 1.29 is 27.1 Å². The van der Waals surface area contributed by atoms with Crippen molar-refractivity contribution in [1.29, 1.82) is 0 Å². The van der Waals surface area contributed by atoms with Crippen LogP contribution in [0.3, 0.4) is 0 Å². The average molecular weight is 453 g/mol. The lowest BCUT2D eigenvalue weighted by atomic mass is 10.2. The van der Waals surface area contributed by atoms with Gasteiger partial charge in [0, 0.05) is 43.6 Å². The Hall–Kier alpha value is -2.76. The molecule has 0 spiro atoms. The van der Waals surface area contributed by atoms with E-state index in [9.17, 15) is 17.6 Å². The maximum absolute atomic E-state index is 14.1. The monoisotopic (exact) mass is 452 g/mol. The molecule has 0 bridgehead atoms. The molecule has 2 amide bonds. The number of aromatic nitrogens is 1. The molecule has 1 saturated heterocycles. The van der Waals surface area contributed by atoms with Crippen LogP contribution in [0.15, 0.2) is 36.5 Å². The molecule has 1 fully saturated rings. The number of methoxy groups -OCH3 is 1. The highest BCUT2D eigenvalue weighted by molar-refractivity contribution is 7.89. The third-order valence-electron chi connectivity index (χ3n) is 4.79. The number of benzene rings is 1. The smallest absolute Gasteiger partial charge is 0.323 e. The second-order valence-corrected chi connectivity index (χ2v) is 9.24. The maximum Gasteiger partial charge on any atom is 0.323 e. The number of aryl methyl sites for hydroxylation is 1. The summed E-state index contributed by atoms with van der Waals surface area (Å²) >= 11 is 0. The summed E-state index contributed by atoms with van der Waals surface area (Å²) < 4.78 is 51.0. The number of carbonyl (C=O) groups excluding carboxylic acids is 1. The number of halogens is 1. The van der Waals surface area contributed by atoms with Gasteiger partial charge in [0.25, 0.3) is 0 Å². The molecular weight excluding hydrogens is 427 g/mol. The Morgan fingerprint density at radius 1 is 1.26 bits per heavy atom. The van der Waals surface area contributed by atoms with Crippen LogP contribution >= 0.6 is 0 Å². The van der Waals surface area contributed by atoms with Gasteiger partial charge in [0.2, 0.25) is 10.0 Å². The van der Waals surface area contributed by atoms with Crippen molar-refractivity contribution in [3.63, 3.8) is 0 Å². The van der Waals surface area contributed by atoms with Gasteiger partial charge in [0.15, 0.2) is 6.23 Å². The molecule has 0 aliphatic carbocycles. The number of carbonyl (C=O) groups is 1. The van der Waals surface area contributed by atoms with Crippen LogP contribution in [-0.2, 0) is 14.8 Å². The third kappa shape index (κ3) is 5.69. The highest BCUT2D eigenvalue weighted by atomic mass is 32.2. The number of nitrogens with zero attached hydrogens (tertiary/aromatic N) is 2. The molecule has 2 aromatic rings. The van der Waals surface area contributed by atoms with E-state index in [4.69, 9.17) is 9.47 Å². The number of ether oxygens (including phenoxy) is 2. The van der Waals surface area contributed by atoms with E-state index >= 15 is 0 Å². The van der Waals surface area contributed by atoms with Crippen LogP contribution in [0.2, 0.25) is 0 Å². The lowest BCUT2D eigenvalue weighted by Gasteiger charge is -2.26. The molecule has 1 aromatic heterocycles. The number of amides is 2. The number of urea groups is 1. The molecule has 0 radical (unpaired) electrons. The van der Waals surface area contributed by atoms with Crippen molar-refractivity contribution in [3.05, 3.63) is 48.0 Å². The van der Waals surface area contributed by atoms with Crippen LogP contribution < -0.4 is 15.4 Å². The summed E-state index contributed by atoms with van der Waals surface area (Å²) in [5, 5.41) is 5.15. The molecule has 2 heterocycles. The average Bonchev–Trinajstić information content (AvgIpc) is 3.12. The zero-order valence-corrected chi connectivity index (χ0v) is 18.3. The fraction of sp³-hybridized carbons (Fsp3) is 0.400. The van der Waals surface area contributed by atoms with E-state index in [1.165, 1.54) is 23.7 Å². The maximum atomic E-state index is 14.1. The van der Waals surface area contributed by atoms with Crippen LogP contribution in [0.1, 0.15) is 19.0 Å². The van der Waals surface area contributed by atoms with Gasteiger partial charge in [-0.2, -0.15) is 4.31 Å². The van der Waals surface area contributed by atoms with Crippen LogP contribution in [-0.4, -0.2) is 55.5 Å². The quantitative estimate of drug-likeness (QED) is 0.668. The minimum Gasteiger partial charge on any atom is -0.486 e. The molecule has 0 saturated carbocycles. The van der Waals surface area contributed by atoms with Crippen molar-refractivity contribution in [1.82, 2.24) is 9.29 Å². The summed E-state index contributed by atoms with van der Waals surface area (Å²) in [7, 11) is -2.07. The van der Waals surface area contributed by atoms with Gasteiger partial charge in [-0.3, -0.25) is 4.98 Å². The van der Waals surface area contributed by atoms with Gasteiger partial charge >= 0.3 is 6.03 Å². The molecule has 31 heavy (non-hydrogen) atoms. The summed E-state index contributed by atoms with van der Waals surface area (Å²) in [6, 6.07) is 6.65. The fourth-order valence-corrected chi connectivity index (χ4v) is 4.53.